The van der Waals surface area contributed by atoms with E-state index in [9.17, 15) is 18.3 Å². The van der Waals surface area contributed by atoms with Crippen molar-refractivity contribution in [2.24, 2.45) is 5.41 Å². The summed E-state index contributed by atoms with van der Waals surface area (Å²) in [5.74, 6) is -0.925. The first-order valence-corrected chi connectivity index (χ1v) is 10.3. The highest BCUT2D eigenvalue weighted by Crippen LogP contribution is 2.65. The molecule has 1 aliphatic heterocycles. The summed E-state index contributed by atoms with van der Waals surface area (Å²) in [4.78, 5) is 12.3. The van der Waals surface area contributed by atoms with Crippen molar-refractivity contribution in [1.29, 1.82) is 0 Å². The van der Waals surface area contributed by atoms with Crippen LogP contribution in [0.15, 0.2) is 47.4 Å². The summed E-state index contributed by atoms with van der Waals surface area (Å²) >= 11 is 0. The zero-order chi connectivity index (χ0) is 20.1. The highest BCUT2D eigenvalue weighted by Gasteiger charge is 2.76. The Morgan fingerprint density at radius 3 is 2.50 bits per heavy atom. The minimum absolute atomic E-state index is 0.0801. The van der Waals surface area contributed by atoms with Gasteiger partial charge in [-0.3, -0.25) is 4.79 Å². The molecule has 3 atom stereocenters. The summed E-state index contributed by atoms with van der Waals surface area (Å²) in [6, 6.07) is 11.4. The van der Waals surface area contributed by atoms with E-state index in [4.69, 9.17) is 14.2 Å². The SMILES string of the molecule is COC[C@]1(C(=O)O)[C@H](c2ccc3c(c2)OCO3)[C@H]1S(=O)(=O)c1ccc(C)cc1. The fourth-order valence-electron chi connectivity index (χ4n) is 4.04. The largest absolute Gasteiger partial charge is 0.481 e. The predicted molar refractivity (Wildman–Crippen MR) is 99.4 cm³/mol. The molecular formula is C20H20O7S. The molecule has 0 saturated heterocycles. The molecule has 2 aromatic rings. The van der Waals surface area contributed by atoms with E-state index >= 15 is 0 Å². The van der Waals surface area contributed by atoms with Gasteiger partial charge in [0.15, 0.2) is 21.3 Å². The lowest BCUT2D eigenvalue weighted by Gasteiger charge is -2.12. The second kappa shape index (κ2) is 6.49. The Hall–Kier alpha value is -2.58. The molecule has 0 bridgehead atoms. The van der Waals surface area contributed by atoms with Crippen LogP contribution in [-0.2, 0) is 19.4 Å². The van der Waals surface area contributed by atoms with Gasteiger partial charge in [0.25, 0.3) is 0 Å². The molecule has 1 N–H and O–H groups in total. The quantitative estimate of drug-likeness (QED) is 0.789. The van der Waals surface area contributed by atoms with Crippen molar-refractivity contribution in [2.45, 2.75) is 23.0 Å². The topological polar surface area (TPSA) is 99.1 Å². The smallest absolute Gasteiger partial charge is 0.314 e. The number of carboxylic acids is 1. The molecular weight excluding hydrogens is 384 g/mol. The molecule has 0 radical (unpaired) electrons. The molecule has 8 heteroatoms. The van der Waals surface area contributed by atoms with Crippen molar-refractivity contribution in [2.75, 3.05) is 20.5 Å². The normalized spacial score (nSPS) is 25.5. The molecule has 28 heavy (non-hydrogen) atoms. The van der Waals surface area contributed by atoms with Gasteiger partial charge in [-0.05, 0) is 36.8 Å². The van der Waals surface area contributed by atoms with Crippen LogP contribution in [0, 0.1) is 12.3 Å². The second-order valence-corrected chi connectivity index (χ2v) is 9.22. The molecule has 1 aliphatic carbocycles. The Bertz CT molecular complexity index is 1030. The number of fused-ring (bicyclic) bond motifs is 1. The third kappa shape index (κ3) is 2.67. The van der Waals surface area contributed by atoms with E-state index in [1.54, 1.807) is 30.3 Å². The first kappa shape index (κ1) is 18.8. The van der Waals surface area contributed by atoms with Gasteiger partial charge in [0.2, 0.25) is 6.79 Å². The fraction of sp³-hybridized carbons (Fsp3) is 0.350. The van der Waals surface area contributed by atoms with Gasteiger partial charge in [0.05, 0.1) is 16.8 Å². The van der Waals surface area contributed by atoms with Crippen molar-refractivity contribution in [3.05, 3.63) is 53.6 Å². The molecule has 1 heterocycles. The predicted octanol–water partition coefficient (Wildman–Crippen LogP) is 2.38. The van der Waals surface area contributed by atoms with Crippen LogP contribution < -0.4 is 9.47 Å². The first-order chi connectivity index (χ1) is 13.3. The number of benzene rings is 2. The van der Waals surface area contributed by atoms with E-state index in [0.29, 0.717) is 17.1 Å². The minimum Gasteiger partial charge on any atom is -0.481 e. The second-order valence-electron chi connectivity index (χ2n) is 7.15. The van der Waals surface area contributed by atoms with Crippen molar-refractivity contribution in [3.8, 4) is 11.5 Å². The van der Waals surface area contributed by atoms with E-state index in [1.165, 1.54) is 19.2 Å². The van der Waals surface area contributed by atoms with Gasteiger partial charge >= 0.3 is 5.97 Å². The lowest BCUT2D eigenvalue weighted by Crippen LogP contribution is -2.28. The zero-order valence-corrected chi connectivity index (χ0v) is 16.2. The molecule has 148 valence electrons. The van der Waals surface area contributed by atoms with E-state index < -0.39 is 32.4 Å². The maximum Gasteiger partial charge on any atom is 0.314 e. The lowest BCUT2D eigenvalue weighted by atomic mass is 9.99. The average Bonchev–Trinajstić information content (AvgIpc) is 3.13. The number of aliphatic carboxylic acids is 1. The van der Waals surface area contributed by atoms with Gasteiger partial charge in [-0.1, -0.05) is 23.8 Å². The molecule has 4 rings (SSSR count). The van der Waals surface area contributed by atoms with Crippen molar-refractivity contribution >= 4 is 15.8 Å². The third-order valence-electron chi connectivity index (χ3n) is 5.48. The van der Waals surface area contributed by atoms with E-state index in [2.05, 4.69) is 0 Å². The third-order valence-corrected chi connectivity index (χ3v) is 7.77. The summed E-state index contributed by atoms with van der Waals surface area (Å²) < 4.78 is 42.5. The number of carboxylic acid groups (broad SMARTS) is 1. The van der Waals surface area contributed by atoms with Gasteiger partial charge in [-0.2, -0.15) is 0 Å². The van der Waals surface area contributed by atoms with Gasteiger partial charge in [0.1, 0.15) is 5.41 Å². The minimum atomic E-state index is -3.90. The van der Waals surface area contributed by atoms with Gasteiger partial charge in [-0.15, -0.1) is 0 Å². The molecule has 0 unspecified atom stereocenters. The zero-order valence-electron chi connectivity index (χ0n) is 15.4. The van der Waals surface area contributed by atoms with Gasteiger partial charge < -0.3 is 19.3 Å². The number of hydrogen-bond acceptors (Lipinski definition) is 6. The van der Waals surface area contributed by atoms with E-state index in [-0.39, 0.29) is 18.3 Å². The maximum atomic E-state index is 13.3. The lowest BCUT2D eigenvalue weighted by molar-refractivity contribution is -0.145. The molecule has 0 amide bonds. The van der Waals surface area contributed by atoms with Crippen LogP contribution in [0.1, 0.15) is 17.0 Å². The van der Waals surface area contributed by atoms with Crippen molar-refractivity contribution in [1.82, 2.24) is 0 Å². The first-order valence-electron chi connectivity index (χ1n) is 8.75. The molecule has 7 nitrogen and oxygen atoms in total. The number of carbonyl (C=O) groups is 1. The molecule has 1 fully saturated rings. The molecule has 2 aliphatic rings. The Labute approximate surface area is 162 Å². The van der Waals surface area contributed by atoms with Crippen LogP contribution in [-0.4, -0.2) is 45.3 Å². The van der Waals surface area contributed by atoms with Gasteiger partial charge in [-0.25, -0.2) is 8.42 Å². The molecule has 2 aromatic carbocycles. The molecule has 0 spiro atoms. The van der Waals surface area contributed by atoms with Gasteiger partial charge in [0, 0.05) is 13.0 Å². The number of methoxy groups -OCH3 is 1. The highest BCUT2D eigenvalue weighted by molar-refractivity contribution is 7.92. The summed E-state index contributed by atoms with van der Waals surface area (Å²) in [6.07, 6.45) is 0. The van der Waals surface area contributed by atoms with E-state index in [1.807, 2.05) is 6.92 Å². The van der Waals surface area contributed by atoms with Crippen molar-refractivity contribution in [3.63, 3.8) is 0 Å². The van der Waals surface area contributed by atoms with Crippen molar-refractivity contribution < 1.29 is 32.5 Å². The Balaban J connectivity index is 1.81. The van der Waals surface area contributed by atoms with Crippen LogP contribution in [0.5, 0.6) is 11.5 Å². The summed E-state index contributed by atoms with van der Waals surface area (Å²) in [7, 11) is -2.53. The standard InChI is InChI=1S/C20H20O7S/c1-12-3-6-14(7-4-12)28(23,24)18-17(20(18,10-25-2)19(21)22)13-5-8-15-16(9-13)27-11-26-15/h3-9,17-18H,10-11H2,1-2H3,(H,21,22)/t17-,18-,20+/m1/s1. The number of hydrogen-bond donors (Lipinski definition) is 1. The van der Waals surface area contributed by atoms with Crippen LogP contribution in [0.3, 0.4) is 0 Å². The molecule has 0 aromatic heterocycles. The highest BCUT2D eigenvalue weighted by atomic mass is 32.2. The number of aryl methyl sites for hydroxylation is 1. The monoisotopic (exact) mass is 404 g/mol. The van der Waals surface area contributed by atoms with Crippen LogP contribution in [0.25, 0.3) is 0 Å². The Morgan fingerprint density at radius 2 is 1.86 bits per heavy atom. The summed E-state index contributed by atoms with van der Waals surface area (Å²) in [6.45, 7) is 1.73. The Morgan fingerprint density at radius 1 is 1.18 bits per heavy atom. The summed E-state index contributed by atoms with van der Waals surface area (Å²) in [5.41, 5.74) is -0.0700. The maximum absolute atomic E-state index is 13.3. The average molecular weight is 404 g/mol. The van der Waals surface area contributed by atoms with Crippen LogP contribution in [0.2, 0.25) is 0 Å². The van der Waals surface area contributed by atoms with Crippen LogP contribution >= 0.6 is 0 Å². The molecule has 1 saturated carbocycles. The fourth-order valence-corrected chi connectivity index (χ4v) is 6.40. The Kier molecular flexibility index (Phi) is 4.35. The van der Waals surface area contributed by atoms with Crippen LogP contribution in [0.4, 0.5) is 0 Å². The summed E-state index contributed by atoms with van der Waals surface area (Å²) in [5, 5.41) is 8.85. The van der Waals surface area contributed by atoms with E-state index in [0.717, 1.165) is 5.56 Å². The number of sulfone groups is 1. The number of rotatable bonds is 6. The number of ether oxygens (including phenoxy) is 3.